The molecule has 0 radical (unpaired) electrons. The minimum absolute atomic E-state index is 0.453. The third-order valence-corrected chi connectivity index (χ3v) is 5.85. The van der Waals surface area contributed by atoms with Gasteiger partial charge in [-0.15, -0.1) is 11.3 Å². The molecule has 2 aliphatic rings. The Labute approximate surface area is 115 Å². The van der Waals surface area contributed by atoms with Crippen LogP contribution in [0.1, 0.15) is 24.1 Å². The highest BCUT2D eigenvalue weighted by Crippen LogP contribution is 2.36. The van der Waals surface area contributed by atoms with Crippen LogP contribution in [-0.4, -0.2) is 24.0 Å². The summed E-state index contributed by atoms with van der Waals surface area (Å²) >= 11 is 5.38. The van der Waals surface area contributed by atoms with Crippen LogP contribution < -0.4 is 5.73 Å². The minimum Gasteiger partial charge on any atom is -0.327 e. The first-order valence-corrected chi connectivity index (χ1v) is 8.05. The van der Waals surface area contributed by atoms with Crippen molar-refractivity contribution in [2.45, 2.75) is 31.8 Å². The molecule has 3 atom stereocenters. The minimum atomic E-state index is 0.453. The molecule has 2 N–H and O–H groups in total. The highest BCUT2D eigenvalue weighted by atomic mass is 79.9. The van der Waals surface area contributed by atoms with Crippen molar-refractivity contribution in [3.63, 3.8) is 0 Å². The molecule has 1 saturated heterocycles. The fourth-order valence-corrected chi connectivity index (χ4v) is 4.92. The average molecular weight is 315 g/mol. The van der Waals surface area contributed by atoms with Crippen LogP contribution in [0.25, 0.3) is 0 Å². The number of halogens is 1. The molecule has 2 heterocycles. The van der Waals surface area contributed by atoms with Gasteiger partial charge in [0.25, 0.3) is 0 Å². The molecular formula is C13H19BrN2S. The molecule has 1 aromatic rings. The number of likely N-dealkylation sites (tertiary alicyclic amines) is 1. The second-order valence-electron chi connectivity index (χ2n) is 5.42. The van der Waals surface area contributed by atoms with Crippen LogP contribution in [0.4, 0.5) is 0 Å². The monoisotopic (exact) mass is 314 g/mol. The Morgan fingerprint density at radius 2 is 2.24 bits per heavy atom. The van der Waals surface area contributed by atoms with Crippen LogP contribution in [0, 0.1) is 11.8 Å². The molecule has 1 aliphatic carbocycles. The lowest BCUT2D eigenvalue weighted by atomic mass is 9.78. The molecule has 17 heavy (non-hydrogen) atoms. The van der Waals surface area contributed by atoms with Gasteiger partial charge in [-0.1, -0.05) is 6.42 Å². The van der Waals surface area contributed by atoms with Crippen LogP contribution >= 0.6 is 27.3 Å². The van der Waals surface area contributed by atoms with Crippen LogP contribution in [0.2, 0.25) is 0 Å². The van der Waals surface area contributed by atoms with E-state index in [9.17, 15) is 0 Å². The lowest BCUT2D eigenvalue weighted by Gasteiger charge is -2.29. The number of rotatable bonds is 2. The molecule has 1 aliphatic heterocycles. The van der Waals surface area contributed by atoms with Gasteiger partial charge >= 0.3 is 0 Å². The van der Waals surface area contributed by atoms with E-state index < -0.39 is 0 Å². The normalized spacial score (nSPS) is 33.9. The van der Waals surface area contributed by atoms with Gasteiger partial charge in [-0.25, -0.2) is 0 Å². The highest BCUT2D eigenvalue weighted by molar-refractivity contribution is 9.11. The van der Waals surface area contributed by atoms with Crippen molar-refractivity contribution >= 4 is 27.3 Å². The second kappa shape index (κ2) is 5.00. The molecule has 94 valence electrons. The van der Waals surface area contributed by atoms with Gasteiger partial charge in [0.15, 0.2) is 0 Å². The zero-order valence-electron chi connectivity index (χ0n) is 9.94. The molecule has 0 spiro atoms. The summed E-state index contributed by atoms with van der Waals surface area (Å²) in [5.74, 6) is 1.62. The fraction of sp³-hybridized carbons (Fsp3) is 0.692. The van der Waals surface area contributed by atoms with Crippen molar-refractivity contribution in [1.82, 2.24) is 4.90 Å². The number of fused-ring (bicyclic) bond motifs is 1. The van der Waals surface area contributed by atoms with Crippen molar-refractivity contribution in [2.24, 2.45) is 17.6 Å². The molecular weight excluding hydrogens is 296 g/mol. The SMILES string of the molecule is NC1CCCC2CN(Cc3ccc(Br)s3)CC12. The maximum atomic E-state index is 6.25. The van der Waals surface area contributed by atoms with Gasteiger partial charge in [0.1, 0.15) is 0 Å². The van der Waals surface area contributed by atoms with E-state index in [2.05, 4.69) is 33.0 Å². The van der Waals surface area contributed by atoms with Crippen molar-refractivity contribution in [1.29, 1.82) is 0 Å². The van der Waals surface area contributed by atoms with Gasteiger partial charge in [-0.05, 0) is 52.7 Å². The zero-order chi connectivity index (χ0) is 11.8. The maximum Gasteiger partial charge on any atom is 0.0701 e. The summed E-state index contributed by atoms with van der Waals surface area (Å²) in [6, 6.07) is 4.83. The van der Waals surface area contributed by atoms with Crippen LogP contribution in [-0.2, 0) is 6.54 Å². The average Bonchev–Trinajstić information content (AvgIpc) is 2.86. The van der Waals surface area contributed by atoms with Gasteiger partial charge < -0.3 is 5.73 Å². The van der Waals surface area contributed by atoms with Crippen molar-refractivity contribution in [3.8, 4) is 0 Å². The Morgan fingerprint density at radius 1 is 1.35 bits per heavy atom. The summed E-state index contributed by atoms with van der Waals surface area (Å²) in [5, 5.41) is 0. The summed E-state index contributed by atoms with van der Waals surface area (Å²) < 4.78 is 1.24. The summed E-state index contributed by atoms with van der Waals surface area (Å²) in [6.45, 7) is 3.57. The lowest BCUT2D eigenvalue weighted by molar-refractivity contribution is 0.259. The van der Waals surface area contributed by atoms with Gasteiger partial charge in [0, 0.05) is 30.6 Å². The summed E-state index contributed by atoms with van der Waals surface area (Å²) in [5.41, 5.74) is 6.25. The standard InChI is InChI=1S/C13H19BrN2S/c14-13-5-4-10(17-13)7-16-6-9-2-1-3-12(15)11(9)8-16/h4-5,9,11-12H,1-3,6-8,15H2. The van der Waals surface area contributed by atoms with Crippen molar-refractivity contribution < 1.29 is 0 Å². The molecule has 1 saturated carbocycles. The van der Waals surface area contributed by atoms with E-state index in [0.29, 0.717) is 6.04 Å². The van der Waals surface area contributed by atoms with Crippen LogP contribution in [0.15, 0.2) is 15.9 Å². The van der Waals surface area contributed by atoms with E-state index in [-0.39, 0.29) is 0 Å². The third kappa shape index (κ3) is 2.60. The smallest absolute Gasteiger partial charge is 0.0701 e. The summed E-state index contributed by atoms with van der Waals surface area (Å²) in [4.78, 5) is 4.06. The molecule has 4 heteroatoms. The fourth-order valence-electron chi connectivity index (χ4n) is 3.40. The first-order valence-electron chi connectivity index (χ1n) is 6.44. The number of hydrogen-bond donors (Lipinski definition) is 1. The third-order valence-electron chi connectivity index (χ3n) is 4.24. The first kappa shape index (κ1) is 12.2. The predicted molar refractivity (Wildman–Crippen MR) is 76.1 cm³/mol. The molecule has 3 rings (SSSR count). The van der Waals surface area contributed by atoms with Gasteiger partial charge in [0.2, 0.25) is 0 Å². The molecule has 2 nitrogen and oxygen atoms in total. The van der Waals surface area contributed by atoms with Gasteiger partial charge in [-0.2, -0.15) is 0 Å². The Kier molecular flexibility index (Phi) is 3.57. The van der Waals surface area contributed by atoms with Crippen molar-refractivity contribution in [2.75, 3.05) is 13.1 Å². The molecule has 0 aromatic carbocycles. The Hall–Kier alpha value is 0.1000. The maximum absolute atomic E-state index is 6.25. The van der Waals surface area contributed by atoms with Crippen LogP contribution in [0.5, 0.6) is 0 Å². The summed E-state index contributed by atoms with van der Waals surface area (Å²) in [6.07, 6.45) is 3.96. The van der Waals surface area contributed by atoms with E-state index in [1.54, 1.807) is 0 Å². The highest BCUT2D eigenvalue weighted by Gasteiger charge is 2.38. The molecule has 0 bridgehead atoms. The topological polar surface area (TPSA) is 29.3 Å². The number of hydrogen-bond acceptors (Lipinski definition) is 3. The van der Waals surface area contributed by atoms with E-state index in [0.717, 1.165) is 18.4 Å². The Bertz CT molecular complexity index is 393. The van der Waals surface area contributed by atoms with Gasteiger partial charge in [0.05, 0.1) is 3.79 Å². The molecule has 2 fully saturated rings. The number of nitrogens with zero attached hydrogens (tertiary/aromatic N) is 1. The number of nitrogens with two attached hydrogens (primary N) is 1. The predicted octanol–water partition coefficient (Wildman–Crippen LogP) is 3.07. The van der Waals surface area contributed by atoms with E-state index in [1.165, 1.54) is 41.0 Å². The number of thiophene rings is 1. The molecule has 0 amide bonds. The Morgan fingerprint density at radius 3 is 2.94 bits per heavy atom. The molecule has 1 aromatic heterocycles. The van der Waals surface area contributed by atoms with Crippen LogP contribution in [0.3, 0.4) is 0 Å². The second-order valence-corrected chi connectivity index (χ2v) is 7.97. The van der Waals surface area contributed by atoms with E-state index in [4.69, 9.17) is 5.73 Å². The first-order chi connectivity index (χ1) is 8.22. The van der Waals surface area contributed by atoms with Gasteiger partial charge in [-0.3, -0.25) is 4.90 Å². The quantitative estimate of drug-likeness (QED) is 0.909. The Balaban J connectivity index is 1.63. The van der Waals surface area contributed by atoms with E-state index >= 15 is 0 Å². The zero-order valence-corrected chi connectivity index (χ0v) is 12.3. The largest absolute Gasteiger partial charge is 0.327 e. The van der Waals surface area contributed by atoms with E-state index in [1.807, 2.05) is 11.3 Å². The lowest BCUT2D eigenvalue weighted by Crippen LogP contribution is -2.38. The van der Waals surface area contributed by atoms with Crippen molar-refractivity contribution in [3.05, 3.63) is 20.8 Å². The summed E-state index contributed by atoms with van der Waals surface area (Å²) in [7, 11) is 0. The molecule has 3 unspecified atom stereocenters.